The number of nitrogens with zero attached hydrogens (tertiary/aromatic N) is 6. The van der Waals surface area contributed by atoms with Crippen molar-refractivity contribution >= 4 is 0 Å². The van der Waals surface area contributed by atoms with E-state index in [4.69, 9.17) is 5.10 Å². The maximum atomic E-state index is 13.5. The lowest BCUT2D eigenvalue weighted by molar-refractivity contribution is 0.197. The molecule has 3 aromatic heterocycles. The maximum Gasteiger partial charge on any atom is 0.250 e. The van der Waals surface area contributed by atoms with E-state index in [2.05, 4.69) is 56.3 Å². The second-order valence-electron chi connectivity index (χ2n) is 9.40. The fraction of sp³-hybridized carbons (Fsp3) is 0.200. The minimum absolute atomic E-state index is 0.260. The molecule has 1 fully saturated rings. The molecule has 0 spiro atoms. The second-order valence-corrected chi connectivity index (χ2v) is 9.40. The molecule has 1 saturated heterocycles. The van der Waals surface area contributed by atoms with Crippen LogP contribution in [0.15, 0.2) is 97.6 Å². The number of likely N-dealkylation sites (tertiary alicyclic amines) is 1. The number of benzene rings is 2. The molecule has 7 heteroatoms. The van der Waals surface area contributed by atoms with Crippen LogP contribution in [-0.2, 0) is 6.54 Å². The number of aromatic nitrogens is 5. The third kappa shape index (κ3) is 5.04. The fourth-order valence-corrected chi connectivity index (χ4v) is 5.15. The van der Waals surface area contributed by atoms with E-state index in [1.165, 1.54) is 23.3 Å². The predicted molar refractivity (Wildman–Crippen MR) is 141 cm³/mol. The summed E-state index contributed by atoms with van der Waals surface area (Å²) in [6, 6.07) is 23.0. The maximum absolute atomic E-state index is 13.5. The third-order valence-electron chi connectivity index (χ3n) is 6.93. The van der Waals surface area contributed by atoms with Gasteiger partial charge in [0.15, 0.2) is 0 Å². The number of rotatable bonds is 6. The average molecular weight is 491 g/mol. The van der Waals surface area contributed by atoms with E-state index in [0.29, 0.717) is 5.95 Å². The summed E-state index contributed by atoms with van der Waals surface area (Å²) in [4.78, 5) is 15.8. The van der Waals surface area contributed by atoms with Gasteiger partial charge in [0.05, 0.1) is 11.4 Å². The number of hydrogen-bond donors (Lipinski definition) is 0. The quantitative estimate of drug-likeness (QED) is 0.296. The number of pyridine rings is 1. The molecule has 5 aromatic rings. The lowest BCUT2D eigenvalue weighted by Crippen LogP contribution is -2.34. The highest BCUT2D eigenvalue weighted by Gasteiger charge is 2.27. The van der Waals surface area contributed by atoms with Crippen LogP contribution in [0, 0.1) is 5.82 Å². The van der Waals surface area contributed by atoms with Crippen LogP contribution in [0.4, 0.5) is 4.39 Å². The lowest BCUT2D eigenvalue weighted by Gasteiger charge is -2.33. The summed E-state index contributed by atoms with van der Waals surface area (Å²) in [6.45, 7) is 2.81. The fourth-order valence-electron chi connectivity index (χ4n) is 5.15. The monoisotopic (exact) mass is 490 g/mol. The van der Waals surface area contributed by atoms with Gasteiger partial charge < -0.3 is 0 Å². The van der Waals surface area contributed by atoms with E-state index in [1.807, 2.05) is 16.9 Å². The van der Waals surface area contributed by atoms with Crippen LogP contribution in [-0.4, -0.2) is 42.7 Å². The molecule has 2 aromatic carbocycles. The topological polar surface area (TPSA) is 59.7 Å². The molecular weight excluding hydrogens is 463 g/mol. The second kappa shape index (κ2) is 10.4. The molecule has 4 heterocycles. The van der Waals surface area contributed by atoms with Gasteiger partial charge in [0.1, 0.15) is 5.82 Å². The summed E-state index contributed by atoms with van der Waals surface area (Å²) in [7, 11) is 0. The molecular formula is C30H27FN6. The SMILES string of the molecule is Fc1ccc(-c2cc(C3CCCN(Cc4ccccc4-c4cccnc4)C3)n(-c3ncccn3)n2)cc1. The van der Waals surface area contributed by atoms with Gasteiger partial charge in [-0.3, -0.25) is 9.88 Å². The van der Waals surface area contributed by atoms with E-state index >= 15 is 0 Å². The molecule has 1 atom stereocenters. The Bertz CT molecular complexity index is 1470. The Labute approximate surface area is 215 Å². The normalized spacial score (nSPS) is 16.1. The molecule has 0 bridgehead atoms. The zero-order valence-corrected chi connectivity index (χ0v) is 20.4. The number of hydrogen-bond acceptors (Lipinski definition) is 5. The van der Waals surface area contributed by atoms with Crippen LogP contribution in [0.1, 0.15) is 30.0 Å². The van der Waals surface area contributed by atoms with Crippen molar-refractivity contribution < 1.29 is 4.39 Å². The van der Waals surface area contributed by atoms with Crippen molar-refractivity contribution in [2.45, 2.75) is 25.3 Å². The zero-order chi connectivity index (χ0) is 25.0. The first-order valence-electron chi connectivity index (χ1n) is 12.6. The zero-order valence-electron chi connectivity index (χ0n) is 20.4. The third-order valence-corrected chi connectivity index (χ3v) is 6.93. The summed E-state index contributed by atoms with van der Waals surface area (Å²) in [5.41, 5.74) is 6.39. The van der Waals surface area contributed by atoms with Crippen molar-refractivity contribution in [3.63, 3.8) is 0 Å². The molecule has 1 aliphatic rings. The average Bonchev–Trinajstić information content (AvgIpc) is 3.41. The molecule has 1 aliphatic heterocycles. The van der Waals surface area contributed by atoms with Gasteiger partial charge in [-0.05, 0) is 73.0 Å². The van der Waals surface area contributed by atoms with Crippen LogP contribution in [0.25, 0.3) is 28.3 Å². The summed E-state index contributed by atoms with van der Waals surface area (Å²) in [6.07, 6.45) is 9.34. The van der Waals surface area contributed by atoms with Crippen LogP contribution in [0.5, 0.6) is 0 Å². The Kier molecular flexibility index (Phi) is 6.52. The van der Waals surface area contributed by atoms with E-state index in [1.54, 1.807) is 36.8 Å². The number of halogens is 1. The van der Waals surface area contributed by atoms with Crippen LogP contribution < -0.4 is 0 Å². The highest BCUT2D eigenvalue weighted by Crippen LogP contribution is 2.33. The van der Waals surface area contributed by atoms with Gasteiger partial charge in [0.25, 0.3) is 5.95 Å². The van der Waals surface area contributed by atoms with E-state index in [9.17, 15) is 4.39 Å². The Balaban J connectivity index is 1.30. The van der Waals surface area contributed by atoms with Gasteiger partial charge in [0.2, 0.25) is 0 Å². The highest BCUT2D eigenvalue weighted by molar-refractivity contribution is 5.66. The molecule has 0 aliphatic carbocycles. The first-order chi connectivity index (χ1) is 18.2. The standard InChI is InChI=1S/C30H27FN6/c31-26-12-10-22(11-13-26)28-18-29(37(35-28)30-33-15-5-16-34-30)25-8-4-17-36(21-25)20-24-6-1-2-9-27(24)23-7-3-14-32-19-23/h1-3,5-7,9-16,18-19,25H,4,8,17,20-21H2. The Hall–Kier alpha value is -4.23. The minimum atomic E-state index is -0.260. The molecule has 37 heavy (non-hydrogen) atoms. The summed E-state index contributed by atoms with van der Waals surface area (Å²) < 4.78 is 15.4. The smallest absolute Gasteiger partial charge is 0.250 e. The van der Waals surface area contributed by atoms with Gasteiger partial charge in [-0.2, -0.15) is 5.10 Å². The molecule has 6 nitrogen and oxygen atoms in total. The first kappa shape index (κ1) is 23.2. The lowest BCUT2D eigenvalue weighted by atomic mass is 9.93. The molecule has 0 saturated carbocycles. The summed E-state index contributed by atoms with van der Waals surface area (Å²) >= 11 is 0. The van der Waals surface area contributed by atoms with Crippen molar-refractivity contribution in [1.82, 2.24) is 29.6 Å². The van der Waals surface area contributed by atoms with Crippen molar-refractivity contribution in [2.24, 2.45) is 0 Å². The van der Waals surface area contributed by atoms with Crippen molar-refractivity contribution in [3.8, 4) is 28.3 Å². The van der Waals surface area contributed by atoms with E-state index < -0.39 is 0 Å². The van der Waals surface area contributed by atoms with Gasteiger partial charge in [-0.15, -0.1) is 0 Å². The van der Waals surface area contributed by atoms with Crippen molar-refractivity contribution in [1.29, 1.82) is 0 Å². The Morgan fingerprint density at radius 2 is 1.70 bits per heavy atom. The Morgan fingerprint density at radius 1 is 0.865 bits per heavy atom. The van der Waals surface area contributed by atoms with Gasteiger partial charge in [0, 0.05) is 54.9 Å². The van der Waals surface area contributed by atoms with E-state index in [0.717, 1.165) is 55.0 Å². The summed E-state index contributed by atoms with van der Waals surface area (Å²) in [5, 5.41) is 4.86. The molecule has 1 unspecified atom stereocenters. The van der Waals surface area contributed by atoms with Gasteiger partial charge >= 0.3 is 0 Å². The molecule has 6 rings (SSSR count). The van der Waals surface area contributed by atoms with Crippen LogP contribution in [0.2, 0.25) is 0 Å². The number of piperidine rings is 1. The van der Waals surface area contributed by atoms with Gasteiger partial charge in [-0.1, -0.05) is 30.3 Å². The summed E-state index contributed by atoms with van der Waals surface area (Å²) in [5.74, 6) is 0.555. The Morgan fingerprint density at radius 3 is 2.51 bits per heavy atom. The molecule has 184 valence electrons. The van der Waals surface area contributed by atoms with Crippen LogP contribution >= 0.6 is 0 Å². The van der Waals surface area contributed by atoms with Crippen molar-refractivity contribution in [2.75, 3.05) is 13.1 Å². The van der Waals surface area contributed by atoms with Crippen molar-refractivity contribution in [3.05, 3.63) is 115 Å². The molecule has 0 N–H and O–H groups in total. The largest absolute Gasteiger partial charge is 0.298 e. The molecule has 0 amide bonds. The first-order valence-corrected chi connectivity index (χ1v) is 12.6. The molecule has 0 radical (unpaired) electrons. The van der Waals surface area contributed by atoms with Crippen LogP contribution in [0.3, 0.4) is 0 Å². The minimum Gasteiger partial charge on any atom is -0.298 e. The van der Waals surface area contributed by atoms with E-state index in [-0.39, 0.29) is 11.7 Å². The predicted octanol–water partition coefficient (Wildman–Crippen LogP) is 5.91. The van der Waals surface area contributed by atoms with Gasteiger partial charge in [-0.25, -0.2) is 19.0 Å². The highest BCUT2D eigenvalue weighted by atomic mass is 19.1.